The molecule has 0 aromatic rings. The molecule has 0 bridgehead atoms. The van der Waals surface area contributed by atoms with Gasteiger partial charge in [0.2, 0.25) is 0 Å². The van der Waals surface area contributed by atoms with E-state index in [1.165, 1.54) is 0 Å². The fraction of sp³-hybridized carbons (Fsp3) is 0.857. The van der Waals surface area contributed by atoms with Crippen molar-refractivity contribution < 1.29 is 24.5 Å². The van der Waals surface area contributed by atoms with Crippen molar-refractivity contribution in [3.05, 3.63) is 0 Å². The van der Waals surface area contributed by atoms with Crippen molar-refractivity contribution in [2.24, 2.45) is 5.41 Å². The van der Waals surface area contributed by atoms with Crippen LogP contribution in [0.1, 0.15) is 54.4 Å². The first-order valence-electron chi connectivity index (χ1n) is 6.72. The molecule has 3 N–H and O–H groups in total. The molecule has 20 heavy (non-hydrogen) atoms. The molecule has 0 radical (unpaired) electrons. The number of amides is 1. The third-order valence-electron chi connectivity index (χ3n) is 2.64. The Balaban J connectivity index is 4.77. The molecule has 6 nitrogen and oxygen atoms in total. The highest BCUT2D eigenvalue weighted by Gasteiger charge is 2.32. The third-order valence-corrected chi connectivity index (χ3v) is 2.64. The zero-order valence-electron chi connectivity index (χ0n) is 13.2. The number of aliphatic carboxylic acids is 1. The third kappa shape index (κ3) is 7.99. The summed E-state index contributed by atoms with van der Waals surface area (Å²) in [5.41, 5.74) is -1.12. The van der Waals surface area contributed by atoms with Gasteiger partial charge in [0.1, 0.15) is 5.60 Å². The Morgan fingerprint density at radius 3 is 2.00 bits per heavy atom. The molecule has 0 aliphatic rings. The number of nitrogens with one attached hydrogen (secondary N) is 1. The predicted molar refractivity (Wildman–Crippen MR) is 75.5 cm³/mol. The van der Waals surface area contributed by atoms with E-state index in [0.29, 0.717) is 0 Å². The molecule has 6 heteroatoms. The van der Waals surface area contributed by atoms with Crippen LogP contribution in [0.4, 0.5) is 4.79 Å². The topological polar surface area (TPSA) is 95.9 Å². The number of aliphatic hydroxyl groups excluding tert-OH is 1. The summed E-state index contributed by atoms with van der Waals surface area (Å²) in [5, 5.41) is 21.5. The molecule has 0 rings (SSSR count). The van der Waals surface area contributed by atoms with Crippen molar-refractivity contribution in [1.29, 1.82) is 0 Å². The lowest BCUT2D eigenvalue weighted by Gasteiger charge is -2.33. The maximum Gasteiger partial charge on any atom is 0.407 e. The first-order chi connectivity index (χ1) is 8.83. The van der Waals surface area contributed by atoms with E-state index in [1.54, 1.807) is 20.8 Å². The SMILES string of the molecule is CC(C)(C)OC(=O)N[C@H](CCC(=O)O)C(O)C(C)(C)C. The highest BCUT2D eigenvalue weighted by atomic mass is 16.6. The lowest BCUT2D eigenvalue weighted by molar-refractivity contribution is -0.137. The second kappa shape index (κ2) is 6.92. The van der Waals surface area contributed by atoms with E-state index in [2.05, 4.69) is 5.32 Å². The van der Waals surface area contributed by atoms with Gasteiger partial charge in [-0.3, -0.25) is 4.79 Å². The summed E-state index contributed by atoms with van der Waals surface area (Å²) < 4.78 is 5.13. The monoisotopic (exact) mass is 289 g/mol. The largest absolute Gasteiger partial charge is 0.481 e. The van der Waals surface area contributed by atoms with Crippen molar-refractivity contribution >= 4 is 12.1 Å². The summed E-state index contributed by atoms with van der Waals surface area (Å²) in [7, 11) is 0. The Morgan fingerprint density at radius 1 is 1.15 bits per heavy atom. The minimum absolute atomic E-state index is 0.131. The van der Waals surface area contributed by atoms with Gasteiger partial charge in [-0.15, -0.1) is 0 Å². The van der Waals surface area contributed by atoms with E-state index in [0.717, 1.165) is 0 Å². The van der Waals surface area contributed by atoms with Crippen LogP contribution in [0.3, 0.4) is 0 Å². The molecule has 118 valence electrons. The summed E-state index contributed by atoms with van der Waals surface area (Å²) in [4.78, 5) is 22.4. The summed E-state index contributed by atoms with van der Waals surface area (Å²) >= 11 is 0. The lowest BCUT2D eigenvalue weighted by Crippen LogP contribution is -2.50. The van der Waals surface area contributed by atoms with Crippen LogP contribution in [0.25, 0.3) is 0 Å². The molecular weight excluding hydrogens is 262 g/mol. The first kappa shape index (κ1) is 18.7. The number of alkyl carbamates (subject to hydrolysis) is 1. The van der Waals surface area contributed by atoms with Gasteiger partial charge in [-0.2, -0.15) is 0 Å². The molecule has 0 aliphatic carbocycles. The molecule has 1 unspecified atom stereocenters. The van der Waals surface area contributed by atoms with Gasteiger partial charge in [0.15, 0.2) is 0 Å². The minimum Gasteiger partial charge on any atom is -0.481 e. The number of ether oxygens (including phenoxy) is 1. The average Bonchev–Trinajstić information content (AvgIpc) is 2.18. The number of carbonyl (C=O) groups is 2. The van der Waals surface area contributed by atoms with Gasteiger partial charge >= 0.3 is 12.1 Å². The fourth-order valence-corrected chi connectivity index (χ4v) is 1.65. The first-order valence-corrected chi connectivity index (χ1v) is 6.72. The standard InChI is InChI=1S/C14H27NO5/c1-13(2,3)11(18)9(7-8-10(16)17)15-12(19)20-14(4,5)6/h9,11,18H,7-8H2,1-6H3,(H,15,19)(H,16,17)/t9-,11?/m1/s1. The number of hydrogen-bond donors (Lipinski definition) is 3. The fourth-order valence-electron chi connectivity index (χ4n) is 1.65. The van der Waals surface area contributed by atoms with Gasteiger partial charge in [-0.05, 0) is 32.6 Å². The molecule has 2 atom stereocenters. The Labute approximate surface area is 120 Å². The number of aliphatic hydroxyl groups is 1. The van der Waals surface area contributed by atoms with E-state index in [-0.39, 0.29) is 12.8 Å². The molecular formula is C14H27NO5. The van der Waals surface area contributed by atoms with Crippen LogP contribution in [0.5, 0.6) is 0 Å². The second-order valence-corrected chi connectivity index (χ2v) is 7.00. The van der Waals surface area contributed by atoms with Gasteiger partial charge in [0.25, 0.3) is 0 Å². The number of rotatable bonds is 5. The highest BCUT2D eigenvalue weighted by Crippen LogP contribution is 2.24. The average molecular weight is 289 g/mol. The van der Waals surface area contributed by atoms with Gasteiger partial charge in [-0.25, -0.2) is 4.79 Å². The predicted octanol–water partition coefficient (Wildman–Crippen LogP) is 2.15. The van der Waals surface area contributed by atoms with Crippen LogP contribution >= 0.6 is 0 Å². The number of carboxylic acids is 1. The normalized spacial score (nSPS) is 15.3. The molecule has 0 heterocycles. The Morgan fingerprint density at radius 2 is 1.65 bits per heavy atom. The van der Waals surface area contributed by atoms with Crippen LogP contribution in [0.15, 0.2) is 0 Å². The van der Waals surface area contributed by atoms with Crippen molar-refractivity contribution in [3.8, 4) is 0 Å². The number of carbonyl (C=O) groups excluding carboxylic acids is 1. The molecule has 0 saturated carbocycles. The van der Waals surface area contributed by atoms with Crippen LogP contribution < -0.4 is 5.32 Å². The molecule has 0 spiro atoms. The van der Waals surface area contributed by atoms with Crippen molar-refractivity contribution in [2.45, 2.75) is 72.1 Å². The second-order valence-electron chi connectivity index (χ2n) is 7.00. The zero-order chi connectivity index (χ0) is 16.1. The Hall–Kier alpha value is -1.30. The Bertz CT molecular complexity index is 340. The summed E-state index contributed by atoms with van der Waals surface area (Å²) in [6, 6.07) is -0.666. The highest BCUT2D eigenvalue weighted by molar-refractivity contribution is 5.69. The van der Waals surface area contributed by atoms with Crippen LogP contribution in [-0.4, -0.2) is 40.0 Å². The van der Waals surface area contributed by atoms with Crippen LogP contribution in [0.2, 0.25) is 0 Å². The van der Waals surface area contributed by atoms with Crippen LogP contribution in [0, 0.1) is 5.41 Å². The summed E-state index contributed by atoms with van der Waals surface area (Å²) in [5.74, 6) is -0.970. The maximum absolute atomic E-state index is 11.8. The van der Waals surface area contributed by atoms with E-state index in [9.17, 15) is 14.7 Å². The van der Waals surface area contributed by atoms with Crippen molar-refractivity contribution in [3.63, 3.8) is 0 Å². The molecule has 0 aromatic carbocycles. The van der Waals surface area contributed by atoms with Crippen LogP contribution in [-0.2, 0) is 9.53 Å². The summed E-state index contributed by atoms with van der Waals surface area (Å²) in [6.07, 6.45) is -1.51. The zero-order valence-corrected chi connectivity index (χ0v) is 13.2. The van der Waals surface area contributed by atoms with Crippen molar-refractivity contribution in [1.82, 2.24) is 5.32 Å². The van der Waals surface area contributed by atoms with Gasteiger partial charge in [0.05, 0.1) is 12.1 Å². The number of carboxylic acid groups (broad SMARTS) is 1. The maximum atomic E-state index is 11.8. The van der Waals surface area contributed by atoms with E-state index in [4.69, 9.17) is 9.84 Å². The molecule has 0 aliphatic heterocycles. The Kier molecular flexibility index (Phi) is 6.47. The molecule has 0 aromatic heterocycles. The van der Waals surface area contributed by atoms with E-state index in [1.807, 2.05) is 20.8 Å². The molecule has 0 fully saturated rings. The molecule has 0 saturated heterocycles. The lowest BCUT2D eigenvalue weighted by atomic mass is 9.83. The van der Waals surface area contributed by atoms with Gasteiger partial charge < -0.3 is 20.3 Å². The quantitative estimate of drug-likeness (QED) is 0.720. The molecule has 1 amide bonds. The van der Waals surface area contributed by atoms with Gasteiger partial charge in [-0.1, -0.05) is 20.8 Å². The van der Waals surface area contributed by atoms with E-state index < -0.39 is 35.2 Å². The summed E-state index contributed by atoms with van der Waals surface area (Å²) in [6.45, 7) is 10.7. The minimum atomic E-state index is -0.970. The number of hydrogen-bond acceptors (Lipinski definition) is 4. The smallest absolute Gasteiger partial charge is 0.407 e. The van der Waals surface area contributed by atoms with E-state index >= 15 is 0 Å². The van der Waals surface area contributed by atoms with Crippen molar-refractivity contribution in [2.75, 3.05) is 0 Å². The van der Waals surface area contributed by atoms with Gasteiger partial charge in [0, 0.05) is 6.42 Å².